The molecule has 7 heteroatoms. The minimum absolute atomic E-state index is 0.0483. The second-order valence-corrected chi connectivity index (χ2v) is 5.80. The topological polar surface area (TPSA) is 94.1 Å². The van der Waals surface area contributed by atoms with E-state index in [4.69, 9.17) is 19.3 Å². The number of aliphatic carboxylic acids is 1. The summed E-state index contributed by atoms with van der Waals surface area (Å²) in [6.07, 6.45) is -0.308. The van der Waals surface area contributed by atoms with Crippen molar-refractivity contribution >= 4 is 11.9 Å². The van der Waals surface area contributed by atoms with Gasteiger partial charge in [-0.25, -0.2) is 0 Å². The summed E-state index contributed by atoms with van der Waals surface area (Å²) in [6.45, 7) is 0.541. The molecule has 0 radical (unpaired) electrons. The van der Waals surface area contributed by atoms with E-state index in [1.165, 1.54) is 0 Å². The number of carboxylic acids is 1. The van der Waals surface area contributed by atoms with Crippen molar-refractivity contribution in [2.45, 2.75) is 12.5 Å². The van der Waals surface area contributed by atoms with Crippen LogP contribution in [0.2, 0.25) is 0 Å². The number of carbonyl (C=O) groups is 2. The third-order valence-electron chi connectivity index (χ3n) is 3.74. The molecule has 0 bridgehead atoms. The lowest BCUT2D eigenvalue weighted by molar-refractivity contribution is -0.136. The van der Waals surface area contributed by atoms with Crippen LogP contribution in [-0.2, 0) is 16.0 Å². The second-order valence-electron chi connectivity index (χ2n) is 5.80. The van der Waals surface area contributed by atoms with E-state index in [1.807, 2.05) is 24.3 Å². The van der Waals surface area contributed by atoms with Gasteiger partial charge in [0, 0.05) is 0 Å². The van der Waals surface area contributed by atoms with Crippen LogP contribution < -0.4 is 19.5 Å². The standard InChI is InChI=1S/C19H19NO6/c21-18(12-24-14-7-5-13(6-8-14)9-19(22)23)20-10-15-11-25-16-3-1-2-4-17(16)26-15/h1-8,15H,9-12H2,(H,20,21)(H,22,23). The van der Waals surface area contributed by atoms with E-state index in [2.05, 4.69) is 5.32 Å². The van der Waals surface area contributed by atoms with Gasteiger partial charge < -0.3 is 24.6 Å². The van der Waals surface area contributed by atoms with E-state index < -0.39 is 5.97 Å². The fourth-order valence-electron chi connectivity index (χ4n) is 2.47. The maximum atomic E-state index is 11.9. The molecular weight excluding hydrogens is 338 g/mol. The van der Waals surface area contributed by atoms with Crippen molar-refractivity contribution in [1.82, 2.24) is 5.32 Å². The summed E-state index contributed by atoms with van der Waals surface area (Å²) in [5.41, 5.74) is 0.670. The molecule has 2 aromatic rings. The molecule has 3 rings (SSSR count). The summed E-state index contributed by atoms with van der Waals surface area (Å²) in [4.78, 5) is 22.5. The molecule has 136 valence electrons. The van der Waals surface area contributed by atoms with Gasteiger partial charge in [0.25, 0.3) is 5.91 Å². The van der Waals surface area contributed by atoms with E-state index in [-0.39, 0.29) is 25.0 Å². The zero-order valence-electron chi connectivity index (χ0n) is 14.0. The maximum absolute atomic E-state index is 11.9. The Morgan fingerprint density at radius 3 is 2.58 bits per heavy atom. The highest BCUT2D eigenvalue weighted by molar-refractivity contribution is 5.77. The number of nitrogens with one attached hydrogen (secondary N) is 1. The van der Waals surface area contributed by atoms with Gasteiger partial charge in [0.05, 0.1) is 13.0 Å². The third kappa shape index (κ3) is 4.89. The zero-order valence-corrected chi connectivity index (χ0v) is 14.0. The van der Waals surface area contributed by atoms with Crippen LogP contribution in [0.15, 0.2) is 48.5 Å². The van der Waals surface area contributed by atoms with Gasteiger partial charge in [-0.3, -0.25) is 9.59 Å². The van der Waals surface area contributed by atoms with Crippen molar-refractivity contribution in [3.63, 3.8) is 0 Å². The molecule has 1 heterocycles. The molecule has 0 saturated carbocycles. The fraction of sp³-hybridized carbons (Fsp3) is 0.263. The van der Waals surface area contributed by atoms with Crippen LogP contribution in [0.25, 0.3) is 0 Å². The predicted octanol–water partition coefficient (Wildman–Crippen LogP) is 1.65. The highest BCUT2D eigenvalue weighted by Crippen LogP contribution is 2.30. The van der Waals surface area contributed by atoms with Crippen LogP contribution in [0.1, 0.15) is 5.56 Å². The molecule has 1 atom stereocenters. The minimum atomic E-state index is -0.894. The number of carbonyl (C=O) groups excluding carboxylic acids is 1. The normalized spacial score (nSPS) is 15.2. The highest BCUT2D eigenvalue weighted by Gasteiger charge is 2.21. The largest absolute Gasteiger partial charge is 0.486 e. The first-order chi connectivity index (χ1) is 12.6. The SMILES string of the molecule is O=C(O)Cc1ccc(OCC(=O)NCC2COc3ccccc3O2)cc1. The van der Waals surface area contributed by atoms with E-state index in [0.29, 0.717) is 36.0 Å². The molecule has 1 aliphatic rings. The quantitative estimate of drug-likeness (QED) is 0.783. The van der Waals surface area contributed by atoms with Gasteiger partial charge in [0.15, 0.2) is 18.1 Å². The number of ether oxygens (including phenoxy) is 3. The molecule has 1 amide bonds. The molecule has 0 aliphatic carbocycles. The first-order valence-corrected chi connectivity index (χ1v) is 8.19. The summed E-state index contributed by atoms with van der Waals surface area (Å²) in [5, 5.41) is 11.5. The molecule has 7 nitrogen and oxygen atoms in total. The summed E-state index contributed by atoms with van der Waals surface area (Å²) in [7, 11) is 0. The Hall–Kier alpha value is -3.22. The summed E-state index contributed by atoms with van der Waals surface area (Å²) in [5.74, 6) is 0.692. The Morgan fingerprint density at radius 1 is 1.12 bits per heavy atom. The lowest BCUT2D eigenvalue weighted by Gasteiger charge is -2.26. The van der Waals surface area contributed by atoms with Crippen molar-refractivity contribution < 1.29 is 28.9 Å². The Balaban J connectivity index is 1.40. The van der Waals surface area contributed by atoms with Gasteiger partial charge >= 0.3 is 5.97 Å². The van der Waals surface area contributed by atoms with Crippen LogP contribution in [0.4, 0.5) is 0 Å². The van der Waals surface area contributed by atoms with Crippen molar-refractivity contribution in [2.75, 3.05) is 19.8 Å². The predicted molar refractivity (Wildman–Crippen MR) is 92.6 cm³/mol. The van der Waals surface area contributed by atoms with Crippen LogP contribution in [0.5, 0.6) is 17.2 Å². The lowest BCUT2D eigenvalue weighted by Crippen LogP contribution is -2.42. The second kappa shape index (κ2) is 8.24. The highest BCUT2D eigenvalue weighted by atomic mass is 16.6. The number of carboxylic acid groups (broad SMARTS) is 1. The molecule has 0 saturated heterocycles. The number of hydrogen-bond donors (Lipinski definition) is 2. The number of fused-ring (bicyclic) bond motifs is 1. The molecule has 0 aromatic heterocycles. The number of hydrogen-bond acceptors (Lipinski definition) is 5. The summed E-state index contributed by atoms with van der Waals surface area (Å²) < 4.78 is 16.7. The van der Waals surface area contributed by atoms with Gasteiger partial charge in [-0.05, 0) is 29.8 Å². The van der Waals surface area contributed by atoms with E-state index in [0.717, 1.165) is 0 Å². The molecule has 0 fully saturated rings. The van der Waals surface area contributed by atoms with Crippen LogP contribution in [-0.4, -0.2) is 42.8 Å². The van der Waals surface area contributed by atoms with E-state index >= 15 is 0 Å². The Labute approximate surface area is 150 Å². The molecule has 1 unspecified atom stereocenters. The maximum Gasteiger partial charge on any atom is 0.307 e. The average Bonchev–Trinajstić information content (AvgIpc) is 2.65. The van der Waals surface area contributed by atoms with Gasteiger partial charge in [-0.2, -0.15) is 0 Å². The Kier molecular flexibility index (Phi) is 5.58. The van der Waals surface area contributed by atoms with Gasteiger partial charge in [0.2, 0.25) is 0 Å². The molecule has 2 aromatic carbocycles. The molecule has 0 spiro atoms. The average molecular weight is 357 g/mol. The number of benzene rings is 2. The zero-order chi connectivity index (χ0) is 18.4. The number of amides is 1. The molecule has 26 heavy (non-hydrogen) atoms. The Morgan fingerprint density at radius 2 is 1.85 bits per heavy atom. The van der Waals surface area contributed by atoms with E-state index in [1.54, 1.807) is 24.3 Å². The fourth-order valence-corrected chi connectivity index (χ4v) is 2.47. The minimum Gasteiger partial charge on any atom is -0.486 e. The summed E-state index contributed by atoms with van der Waals surface area (Å²) in [6, 6.07) is 14.0. The summed E-state index contributed by atoms with van der Waals surface area (Å²) >= 11 is 0. The van der Waals surface area contributed by atoms with Crippen LogP contribution in [0, 0.1) is 0 Å². The van der Waals surface area contributed by atoms with Crippen molar-refractivity contribution in [3.8, 4) is 17.2 Å². The number of rotatable bonds is 7. The van der Waals surface area contributed by atoms with Crippen LogP contribution in [0.3, 0.4) is 0 Å². The number of para-hydroxylation sites is 2. The molecule has 2 N–H and O–H groups in total. The monoisotopic (exact) mass is 357 g/mol. The van der Waals surface area contributed by atoms with Gasteiger partial charge in [-0.1, -0.05) is 24.3 Å². The third-order valence-corrected chi connectivity index (χ3v) is 3.74. The van der Waals surface area contributed by atoms with Crippen molar-refractivity contribution in [2.24, 2.45) is 0 Å². The van der Waals surface area contributed by atoms with Crippen LogP contribution >= 0.6 is 0 Å². The molecule has 1 aliphatic heterocycles. The Bertz CT molecular complexity index is 774. The smallest absolute Gasteiger partial charge is 0.307 e. The molecular formula is C19H19NO6. The first kappa shape index (κ1) is 17.6. The van der Waals surface area contributed by atoms with Crippen molar-refractivity contribution in [1.29, 1.82) is 0 Å². The lowest BCUT2D eigenvalue weighted by atomic mass is 10.1. The van der Waals surface area contributed by atoms with Gasteiger partial charge in [-0.15, -0.1) is 0 Å². The first-order valence-electron chi connectivity index (χ1n) is 8.19. The van der Waals surface area contributed by atoms with Gasteiger partial charge in [0.1, 0.15) is 18.5 Å². The van der Waals surface area contributed by atoms with Crippen molar-refractivity contribution in [3.05, 3.63) is 54.1 Å². The van der Waals surface area contributed by atoms with E-state index in [9.17, 15) is 9.59 Å².